The highest BCUT2D eigenvalue weighted by atomic mass is 32.1. The molecule has 2 heterocycles. The summed E-state index contributed by atoms with van der Waals surface area (Å²) < 4.78 is 0. The highest BCUT2D eigenvalue weighted by Gasteiger charge is 2.13. The van der Waals surface area contributed by atoms with Crippen LogP contribution in [0.1, 0.15) is 35.8 Å². The largest absolute Gasteiger partial charge is 0.348 e. The van der Waals surface area contributed by atoms with Crippen LogP contribution in [-0.4, -0.2) is 20.9 Å². The summed E-state index contributed by atoms with van der Waals surface area (Å²) in [7, 11) is 0. The van der Waals surface area contributed by atoms with Crippen molar-refractivity contribution in [2.45, 2.75) is 32.7 Å². The van der Waals surface area contributed by atoms with Crippen molar-refractivity contribution in [3.8, 4) is 0 Å². The van der Waals surface area contributed by atoms with Crippen molar-refractivity contribution in [3.05, 3.63) is 56.4 Å². The SMILES string of the molecule is Cc1nc(C(C)NC(=O)CCc2nc3ccccc3[nH]c2=O)cs1. The third-order valence-corrected chi connectivity index (χ3v) is 4.51. The molecule has 1 atom stereocenters. The lowest BCUT2D eigenvalue weighted by Gasteiger charge is -2.11. The average Bonchev–Trinajstić information content (AvgIpc) is 2.99. The molecule has 0 saturated carbocycles. The molecule has 3 rings (SSSR count). The number of aryl methyl sites for hydroxylation is 2. The predicted molar refractivity (Wildman–Crippen MR) is 94.1 cm³/mol. The second-order valence-corrected chi connectivity index (χ2v) is 6.67. The van der Waals surface area contributed by atoms with E-state index in [9.17, 15) is 9.59 Å². The first-order chi connectivity index (χ1) is 11.5. The number of nitrogens with one attached hydrogen (secondary N) is 2. The van der Waals surface area contributed by atoms with E-state index >= 15 is 0 Å². The lowest BCUT2D eigenvalue weighted by molar-refractivity contribution is -0.121. The van der Waals surface area contributed by atoms with Crippen molar-refractivity contribution in [3.63, 3.8) is 0 Å². The number of H-pyrrole nitrogens is 1. The van der Waals surface area contributed by atoms with E-state index < -0.39 is 0 Å². The van der Waals surface area contributed by atoms with Gasteiger partial charge in [-0.3, -0.25) is 9.59 Å². The summed E-state index contributed by atoms with van der Waals surface area (Å²) in [6.07, 6.45) is 0.511. The number of aromatic amines is 1. The second kappa shape index (κ2) is 6.92. The van der Waals surface area contributed by atoms with Crippen LogP contribution in [0.3, 0.4) is 0 Å². The molecule has 2 N–H and O–H groups in total. The van der Waals surface area contributed by atoms with E-state index in [1.165, 1.54) is 0 Å². The van der Waals surface area contributed by atoms with E-state index in [1.807, 2.05) is 37.4 Å². The Morgan fingerprint density at radius 3 is 2.88 bits per heavy atom. The molecule has 0 bridgehead atoms. The molecule has 0 radical (unpaired) electrons. The number of carbonyl (C=O) groups is 1. The van der Waals surface area contributed by atoms with Crippen LogP contribution in [0.25, 0.3) is 11.0 Å². The summed E-state index contributed by atoms with van der Waals surface area (Å²) in [5.41, 5.74) is 2.40. The number of para-hydroxylation sites is 2. The lowest BCUT2D eigenvalue weighted by atomic mass is 10.2. The third kappa shape index (κ3) is 3.68. The first kappa shape index (κ1) is 16.3. The van der Waals surface area contributed by atoms with Crippen LogP contribution in [0.15, 0.2) is 34.4 Å². The number of hydrogen-bond donors (Lipinski definition) is 2. The van der Waals surface area contributed by atoms with Crippen LogP contribution in [0, 0.1) is 6.92 Å². The van der Waals surface area contributed by atoms with Gasteiger partial charge in [-0.2, -0.15) is 0 Å². The van der Waals surface area contributed by atoms with Crippen molar-refractivity contribution in [2.75, 3.05) is 0 Å². The molecule has 1 aromatic carbocycles. The summed E-state index contributed by atoms with van der Waals surface area (Å²) >= 11 is 1.56. The molecule has 2 aromatic heterocycles. The molecule has 7 heteroatoms. The average molecular weight is 342 g/mol. The Labute approximate surface area is 143 Å². The van der Waals surface area contributed by atoms with Gasteiger partial charge >= 0.3 is 0 Å². The summed E-state index contributed by atoms with van der Waals surface area (Å²) in [4.78, 5) is 35.7. The molecular weight excluding hydrogens is 324 g/mol. The zero-order valence-electron chi connectivity index (χ0n) is 13.5. The first-order valence-corrected chi connectivity index (χ1v) is 8.60. The van der Waals surface area contributed by atoms with Gasteiger partial charge in [0.1, 0.15) is 5.69 Å². The minimum atomic E-state index is -0.246. The molecule has 0 aliphatic rings. The van der Waals surface area contributed by atoms with Crippen LogP contribution >= 0.6 is 11.3 Å². The minimum Gasteiger partial charge on any atom is -0.348 e. The molecule has 0 aliphatic heterocycles. The van der Waals surface area contributed by atoms with Crippen molar-refractivity contribution >= 4 is 28.3 Å². The van der Waals surface area contributed by atoms with Crippen molar-refractivity contribution < 1.29 is 4.79 Å². The molecule has 1 amide bonds. The number of aromatic nitrogens is 3. The number of carbonyl (C=O) groups excluding carboxylic acids is 1. The van der Waals surface area contributed by atoms with E-state index in [-0.39, 0.29) is 23.9 Å². The van der Waals surface area contributed by atoms with Crippen molar-refractivity contribution in [2.24, 2.45) is 0 Å². The molecule has 24 heavy (non-hydrogen) atoms. The molecule has 6 nitrogen and oxygen atoms in total. The number of fused-ring (bicyclic) bond motifs is 1. The summed E-state index contributed by atoms with van der Waals surface area (Å²) in [5.74, 6) is -0.123. The zero-order chi connectivity index (χ0) is 17.1. The molecule has 0 fully saturated rings. The number of amides is 1. The fraction of sp³-hybridized carbons (Fsp3) is 0.294. The third-order valence-electron chi connectivity index (χ3n) is 3.72. The van der Waals surface area contributed by atoms with E-state index in [0.717, 1.165) is 16.2 Å². The van der Waals surface area contributed by atoms with Gasteiger partial charge < -0.3 is 10.3 Å². The first-order valence-electron chi connectivity index (χ1n) is 7.72. The van der Waals surface area contributed by atoms with Gasteiger partial charge in [-0.15, -0.1) is 11.3 Å². The zero-order valence-corrected chi connectivity index (χ0v) is 14.3. The topological polar surface area (TPSA) is 87.7 Å². The van der Waals surface area contributed by atoms with Gasteiger partial charge in [0, 0.05) is 18.2 Å². The van der Waals surface area contributed by atoms with Crippen molar-refractivity contribution in [1.29, 1.82) is 0 Å². The maximum absolute atomic E-state index is 12.1. The number of thiazole rings is 1. The van der Waals surface area contributed by atoms with Gasteiger partial charge in [-0.1, -0.05) is 12.1 Å². The second-order valence-electron chi connectivity index (χ2n) is 5.61. The maximum Gasteiger partial charge on any atom is 0.270 e. The lowest BCUT2D eigenvalue weighted by Crippen LogP contribution is -2.28. The van der Waals surface area contributed by atoms with Crippen LogP contribution < -0.4 is 10.9 Å². The van der Waals surface area contributed by atoms with E-state index in [4.69, 9.17) is 0 Å². The molecule has 0 saturated heterocycles. The van der Waals surface area contributed by atoms with Crippen LogP contribution in [0.2, 0.25) is 0 Å². The van der Waals surface area contributed by atoms with Gasteiger partial charge in [-0.05, 0) is 26.0 Å². The summed E-state index contributed by atoms with van der Waals surface area (Å²) in [5, 5.41) is 5.81. The van der Waals surface area contributed by atoms with Crippen LogP contribution in [0.5, 0.6) is 0 Å². The normalized spacial score (nSPS) is 12.2. The maximum atomic E-state index is 12.1. The molecule has 0 spiro atoms. The number of benzene rings is 1. The smallest absolute Gasteiger partial charge is 0.270 e. The van der Waals surface area contributed by atoms with Crippen LogP contribution in [0.4, 0.5) is 0 Å². The van der Waals surface area contributed by atoms with E-state index in [0.29, 0.717) is 17.6 Å². The standard InChI is InChI=1S/C17H18N4O2S/c1-10(15-9-24-11(2)19-15)18-16(22)8-7-14-17(23)21-13-6-4-3-5-12(13)20-14/h3-6,9-10H,7-8H2,1-2H3,(H,18,22)(H,21,23). The number of nitrogens with zero attached hydrogens (tertiary/aromatic N) is 2. The quantitative estimate of drug-likeness (QED) is 0.746. The van der Waals surface area contributed by atoms with Gasteiger partial charge in [0.25, 0.3) is 5.56 Å². The van der Waals surface area contributed by atoms with E-state index in [1.54, 1.807) is 17.4 Å². The molecule has 124 valence electrons. The molecule has 0 aliphatic carbocycles. The Morgan fingerprint density at radius 2 is 2.12 bits per heavy atom. The van der Waals surface area contributed by atoms with Gasteiger partial charge in [0.05, 0.1) is 27.8 Å². The predicted octanol–water partition coefficient (Wildman–Crippen LogP) is 2.50. The Balaban J connectivity index is 1.64. The summed E-state index contributed by atoms with van der Waals surface area (Å²) in [6.45, 7) is 3.83. The molecule has 3 aromatic rings. The van der Waals surface area contributed by atoms with Crippen LogP contribution in [-0.2, 0) is 11.2 Å². The van der Waals surface area contributed by atoms with Gasteiger partial charge in [0.2, 0.25) is 5.91 Å². The monoisotopic (exact) mass is 342 g/mol. The Bertz CT molecular complexity index is 931. The number of hydrogen-bond acceptors (Lipinski definition) is 5. The Morgan fingerprint density at radius 1 is 1.33 bits per heavy atom. The van der Waals surface area contributed by atoms with Crippen molar-refractivity contribution in [1.82, 2.24) is 20.3 Å². The van der Waals surface area contributed by atoms with Gasteiger partial charge in [-0.25, -0.2) is 9.97 Å². The van der Waals surface area contributed by atoms with Gasteiger partial charge in [0.15, 0.2) is 0 Å². The fourth-order valence-corrected chi connectivity index (χ4v) is 3.14. The number of rotatable bonds is 5. The molecule has 1 unspecified atom stereocenters. The fourth-order valence-electron chi connectivity index (χ4n) is 2.44. The highest BCUT2D eigenvalue weighted by molar-refractivity contribution is 7.09. The Kier molecular flexibility index (Phi) is 4.71. The minimum absolute atomic E-state index is 0.123. The van der Waals surface area contributed by atoms with E-state index in [2.05, 4.69) is 20.3 Å². The molecular formula is C17H18N4O2S. The highest BCUT2D eigenvalue weighted by Crippen LogP contribution is 2.15. The Hall–Kier alpha value is -2.54. The summed E-state index contributed by atoms with van der Waals surface area (Å²) in [6, 6.07) is 7.19.